The molecule has 0 radical (unpaired) electrons. The van der Waals surface area contributed by atoms with Crippen LogP contribution in [-0.4, -0.2) is 77.6 Å². The van der Waals surface area contributed by atoms with Gasteiger partial charge < -0.3 is 27.5 Å². The SMILES string of the molecule is C[C@H]1C(=O)[C@@H](O[Si](C)(C)C)[C@H]2[C@@H]1[C@@H]1OC(=O)[C@@]3(C)OC(C)(C)O[C@@H](C[C@]2(C)O[Si](C)(C)C)[C@@]13O[Si](C)(C)C. The second kappa shape index (κ2) is 8.80. The predicted molar refractivity (Wildman–Crippen MR) is 152 cm³/mol. The van der Waals surface area contributed by atoms with Gasteiger partial charge >= 0.3 is 5.97 Å². The van der Waals surface area contributed by atoms with Gasteiger partial charge in [0.1, 0.15) is 12.2 Å². The van der Waals surface area contributed by atoms with Crippen molar-refractivity contribution in [3.05, 3.63) is 0 Å². The molecular formula is C27H50O8Si3. The molecule has 0 spiro atoms. The summed E-state index contributed by atoms with van der Waals surface area (Å²) < 4.78 is 40.4. The van der Waals surface area contributed by atoms with Crippen molar-refractivity contribution in [1.29, 1.82) is 0 Å². The van der Waals surface area contributed by atoms with Crippen LogP contribution in [0.25, 0.3) is 0 Å². The average molecular weight is 587 g/mol. The highest BCUT2D eigenvalue weighted by atomic mass is 28.4. The average Bonchev–Trinajstić information content (AvgIpc) is 2.97. The zero-order valence-electron chi connectivity index (χ0n) is 25.9. The Morgan fingerprint density at radius 1 is 0.842 bits per heavy atom. The van der Waals surface area contributed by atoms with Crippen molar-refractivity contribution in [2.24, 2.45) is 17.8 Å². The number of ketones is 1. The number of hydrogen-bond acceptors (Lipinski definition) is 8. The van der Waals surface area contributed by atoms with Crippen LogP contribution in [0.4, 0.5) is 0 Å². The van der Waals surface area contributed by atoms with E-state index in [0.717, 1.165) is 0 Å². The first-order chi connectivity index (χ1) is 16.9. The van der Waals surface area contributed by atoms with Gasteiger partial charge in [0.2, 0.25) is 0 Å². The van der Waals surface area contributed by atoms with Gasteiger partial charge in [-0.3, -0.25) is 4.79 Å². The summed E-state index contributed by atoms with van der Waals surface area (Å²) in [4.78, 5) is 27.9. The third-order valence-electron chi connectivity index (χ3n) is 8.33. The second-order valence-corrected chi connectivity index (χ2v) is 29.0. The lowest BCUT2D eigenvalue weighted by Gasteiger charge is -2.57. The van der Waals surface area contributed by atoms with Crippen molar-refractivity contribution >= 4 is 36.7 Å². The molecule has 4 fully saturated rings. The summed E-state index contributed by atoms with van der Waals surface area (Å²) in [6.45, 7) is 28.7. The van der Waals surface area contributed by atoms with E-state index in [0.29, 0.717) is 6.42 Å². The molecule has 38 heavy (non-hydrogen) atoms. The van der Waals surface area contributed by atoms with E-state index in [2.05, 4.69) is 65.8 Å². The van der Waals surface area contributed by atoms with Crippen LogP contribution in [0, 0.1) is 17.8 Å². The maximum Gasteiger partial charge on any atom is 0.341 e. The van der Waals surface area contributed by atoms with Gasteiger partial charge in [-0.25, -0.2) is 4.79 Å². The van der Waals surface area contributed by atoms with E-state index in [1.807, 2.05) is 20.8 Å². The smallest absolute Gasteiger partial charge is 0.341 e. The molecule has 0 N–H and O–H groups in total. The van der Waals surface area contributed by atoms with Crippen molar-refractivity contribution in [3.63, 3.8) is 0 Å². The standard InChI is InChI=1S/C27H50O8Si3/c1-16-18-19(21(20(16)28)32-36(6,7)8)25(4,34-37(9,10)11)15-17-27(35-38(12,13)14)22(18)30-23(29)26(27,5)33-24(2,3)31-17/h16-19,21-22H,15H2,1-14H3/t16-,17+,18-,19-,21+,22+,25+,26-,27-/m1/s1. The van der Waals surface area contributed by atoms with Crippen molar-refractivity contribution in [2.45, 2.75) is 141 Å². The van der Waals surface area contributed by atoms with Gasteiger partial charge in [-0.05, 0) is 86.6 Å². The third kappa shape index (κ3) is 4.86. The Balaban J connectivity index is 2.03. The normalized spacial score (nSPS) is 44.9. The van der Waals surface area contributed by atoms with Crippen molar-refractivity contribution in [3.8, 4) is 0 Å². The molecule has 2 heterocycles. The first kappa shape index (κ1) is 30.5. The number of esters is 1. The molecule has 4 rings (SSSR count). The largest absolute Gasteiger partial charge is 0.457 e. The zero-order valence-corrected chi connectivity index (χ0v) is 28.9. The Kier molecular flexibility index (Phi) is 7.07. The maximum atomic E-state index is 14.0. The Morgan fingerprint density at radius 2 is 1.39 bits per heavy atom. The number of carbonyl (C=O) groups excluding carboxylic acids is 2. The van der Waals surface area contributed by atoms with Crippen molar-refractivity contribution in [1.82, 2.24) is 0 Å². The fraction of sp³-hybridized carbons (Fsp3) is 0.926. The lowest BCUT2D eigenvalue weighted by molar-refractivity contribution is -0.379. The zero-order chi connectivity index (χ0) is 29.1. The molecule has 218 valence electrons. The molecule has 11 heteroatoms. The van der Waals surface area contributed by atoms with Crippen molar-refractivity contribution < 1.29 is 37.1 Å². The molecule has 4 aliphatic rings. The molecule has 2 saturated heterocycles. The Bertz CT molecular complexity index is 998. The van der Waals surface area contributed by atoms with E-state index < -0.39 is 77.7 Å². The monoisotopic (exact) mass is 586 g/mol. The second-order valence-electron chi connectivity index (χ2n) is 15.7. The fourth-order valence-electron chi connectivity index (χ4n) is 7.73. The van der Waals surface area contributed by atoms with Gasteiger partial charge in [-0.2, -0.15) is 0 Å². The van der Waals surface area contributed by atoms with E-state index in [4.69, 9.17) is 27.5 Å². The number of fused-ring (bicyclic) bond motifs is 2. The number of hydrogen-bond donors (Lipinski definition) is 0. The van der Waals surface area contributed by atoms with Crippen LogP contribution in [0.3, 0.4) is 0 Å². The topological polar surface area (TPSA) is 89.5 Å². The van der Waals surface area contributed by atoms with Crippen LogP contribution < -0.4 is 0 Å². The summed E-state index contributed by atoms with van der Waals surface area (Å²) in [7, 11) is -6.58. The number of Topliss-reactive ketones (excluding diaryl/α,β-unsaturated/α-hetero) is 1. The molecule has 0 amide bonds. The molecule has 9 atom stereocenters. The van der Waals surface area contributed by atoms with Gasteiger partial charge in [-0.15, -0.1) is 0 Å². The highest BCUT2D eigenvalue weighted by Gasteiger charge is 2.81. The summed E-state index contributed by atoms with van der Waals surface area (Å²) in [6.07, 6.45) is -1.50. The van der Waals surface area contributed by atoms with Gasteiger partial charge in [0.25, 0.3) is 0 Å². The highest BCUT2D eigenvalue weighted by molar-refractivity contribution is 6.70. The van der Waals surface area contributed by atoms with Crippen LogP contribution in [0.2, 0.25) is 58.9 Å². The van der Waals surface area contributed by atoms with Crippen LogP contribution in [-0.2, 0) is 37.1 Å². The molecule has 2 aliphatic heterocycles. The summed E-state index contributed by atoms with van der Waals surface area (Å²) in [5, 5.41) is 0. The van der Waals surface area contributed by atoms with Crippen LogP contribution in [0.1, 0.15) is 41.0 Å². The Labute approximate surface area is 232 Å². The quantitative estimate of drug-likeness (QED) is 0.314. The van der Waals surface area contributed by atoms with Crippen LogP contribution in [0.15, 0.2) is 0 Å². The number of ether oxygens (including phenoxy) is 3. The van der Waals surface area contributed by atoms with E-state index in [-0.39, 0.29) is 17.6 Å². The van der Waals surface area contributed by atoms with Crippen molar-refractivity contribution in [2.75, 3.05) is 0 Å². The molecule has 0 aromatic rings. The van der Waals surface area contributed by atoms with Crippen LogP contribution >= 0.6 is 0 Å². The summed E-state index contributed by atoms with van der Waals surface area (Å²) in [6, 6.07) is 0. The molecular weight excluding hydrogens is 537 g/mol. The molecule has 0 unspecified atom stereocenters. The van der Waals surface area contributed by atoms with Gasteiger partial charge in [0.15, 0.2) is 47.7 Å². The first-order valence-electron chi connectivity index (χ1n) is 14.1. The minimum absolute atomic E-state index is 0.0528. The molecule has 2 aliphatic carbocycles. The third-order valence-corrected chi connectivity index (χ3v) is 11.3. The lowest BCUT2D eigenvalue weighted by Crippen LogP contribution is -2.75. The van der Waals surface area contributed by atoms with E-state index in [9.17, 15) is 9.59 Å². The highest BCUT2D eigenvalue weighted by Crippen LogP contribution is 2.63. The minimum atomic E-state index is -2.32. The summed E-state index contributed by atoms with van der Waals surface area (Å²) >= 11 is 0. The lowest BCUT2D eigenvalue weighted by atomic mass is 9.71. The Hall–Kier alpha value is -0.409. The van der Waals surface area contributed by atoms with E-state index in [1.54, 1.807) is 6.92 Å². The van der Waals surface area contributed by atoms with Gasteiger partial charge in [0.05, 0.1) is 11.7 Å². The molecule has 0 aromatic heterocycles. The fourth-order valence-corrected chi connectivity index (χ4v) is 11.8. The minimum Gasteiger partial charge on any atom is -0.457 e. The maximum absolute atomic E-state index is 14.0. The van der Waals surface area contributed by atoms with Gasteiger partial charge in [-0.1, -0.05) is 6.92 Å². The summed E-state index contributed by atoms with van der Waals surface area (Å²) in [5.41, 5.74) is -3.40. The molecule has 0 aromatic carbocycles. The summed E-state index contributed by atoms with van der Waals surface area (Å²) in [5.74, 6) is -2.56. The van der Waals surface area contributed by atoms with E-state index in [1.165, 1.54) is 0 Å². The van der Waals surface area contributed by atoms with Gasteiger partial charge in [0, 0.05) is 24.2 Å². The van der Waals surface area contributed by atoms with Crippen LogP contribution in [0.5, 0.6) is 0 Å². The molecule has 8 nitrogen and oxygen atoms in total. The molecule has 2 saturated carbocycles. The number of carbonyl (C=O) groups is 2. The first-order valence-corrected chi connectivity index (χ1v) is 24.3. The Morgan fingerprint density at radius 3 is 1.89 bits per heavy atom. The molecule has 0 bridgehead atoms. The van der Waals surface area contributed by atoms with E-state index >= 15 is 0 Å². The number of rotatable bonds is 6. The predicted octanol–water partition coefficient (Wildman–Crippen LogP) is 5.10.